The number of benzene rings is 1. The summed E-state index contributed by atoms with van der Waals surface area (Å²) in [6, 6.07) is 2.62. The van der Waals surface area contributed by atoms with E-state index >= 15 is 0 Å². The van der Waals surface area contributed by atoms with E-state index in [2.05, 4.69) is 5.32 Å². The summed E-state index contributed by atoms with van der Waals surface area (Å²) in [4.78, 5) is 23.8. The van der Waals surface area contributed by atoms with Crippen LogP contribution in [0.4, 0.5) is 8.78 Å². The molecular formula is C15H19F2NO3. The monoisotopic (exact) mass is 299 g/mol. The third kappa shape index (κ3) is 4.07. The van der Waals surface area contributed by atoms with Gasteiger partial charge in [0.25, 0.3) is 0 Å². The SMILES string of the molecule is CCC(CC)(NCC(=O)c1cc(F)cc(F)c1)C(=O)OC. The third-order valence-electron chi connectivity index (χ3n) is 3.56. The number of halogens is 2. The molecule has 0 heterocycles. The fourth-order valence-electron chi connectivity index (χ4n) is 2.12. The molecule has 0 bridgehead atoms. The maximum absolute atomic E-state index is 13.1. The van der Waals surface area contributed by atoms with Crippen molar-refractivity contribution in [2.75, 3.05) is 13.7 Å². The molecule has 116 valence electrons. The lowest BCUT2D eigenvalue weighted by Crippen LogP contribution is -2.53. The number of Topliss-reactive ketones (excluding diaryl/α,β-unsaturated/α-hetero) is 1. The van der Waals surface area contributed by atoms with E-state index in [1.165, 1.54) is 7.11 Å². The van der Waals surface area contributed by atoms with E-state index in [4.69, 9.17) is 4.74 Å². The van der Waals surface area contributed by atoms with E-state index in [0.29, 0.717) is 18.9 Å². The largest absolute Gasteiger partial charge is 0.468 e. The van der Waals surface area contributed by atoms with Crippen molar-refractivity contribution in [1.82, 2.24) is 5.32 Å². The van der Waals surface area contributed by atoms with Gasteiger partial charge in [0.2, 0.25) is 0 Å². The lowest BCUT2D eigenvalue weighted by Gasteiger charge is -2.29. The summed E-state index contributed by atoms with van der Waals surface area (Å²) < 4.78 is 30.9. The van der Waals surface area contributed by atoms with Crippen molar-refractivity contribution in [3.05, 3.63) is 35.4 Å². The van der Waals surface area contributed by atoms with E-state index in [-0.39, 0.29) is 12.1 Å². The third-order valence-corrected chi connectivity index (χ3v) is 3.56. The summed E-state index contributed by atoms with van der Waals surface area (Å²) in [5.41, 5.74) is -1.05. The first-order chi connectivity index (χ1) is 9.88. The van der Waals surface area contributed by atoms with Gasteiger partial charge in [-0.2, -0.15) is 0 Å². The van der Waals surface area contributed by atoms with Crippen molar-refractivity contribution in [2.24, 2.45) is 0 Å². The number of ether oxygens (including phenoxy) is 1. The number of methoxy groups -OCH3 is 1. The van der Waals surface area contributed by atoms with Crippen LogP contribution >= 0.6 is 0 Å². The second-order valence-electron chi connectivity index (χ2n) is 4.72. The highest BCUT2D eigenvalue weighted by molar-refractivity contribution is 5.98. The minimum atomic E-state index is -0.976. The summed E-state index contributed by atoms with van der Waals surface area (Å²) in [5.74, 6) is -2.60. The highest BCUT2D eigenvalue weighted by atomic mass is 19.1. The van der Waals surface area contributed by atoms with Gasteiger partial charge in [0.15, 0.2) is 5.78 Å². The quantitative estimate of drug-likeness (QED) is 0.621. The Labute approximate surface area is 122 Å². The molecule has 0 fully saturated rings. The number of rotatable bonds is 7. The van der Waals surface area contributed by atoms with Gasteiger partial charge in [-0.1, -0.05) is 13.8 Å². The number of esters is 1. The van der Waals surface area contributed by atoms with Gasteiger partial charge in [-0.05, 0) is 25.0 Å². The normalized spacial score (nSPS) is 11.3. The molecule has 0 aromatic heterocycles. The molecule has 0 aliphatic rings. The number of carbonyl (C=O) groups is 2. The lowest BCUT2D eigenvalue weighted by molar-refractivity contribution is -0.148. The summed E-state index contributed by atoms with van der Waals surface area (Å²) in [6.45, 7) is 3.37. The van der Waals surface area contributed by atoms with Crippen LogP contribution in [0.25, 0.3) is 0 Å². The van der Waals surface area contributed by atoms with Crippen LogP contribution in [0.5, 0.6) is 0 Å². The average molecular weight is 299 g/mol. The molecule has 21 heavy (non-hydrogen) atoms. The minimum Gasteiger partial charge on any atom is -0.468 e. The maximum Gasteiger partial charge on any atom is 0.326 e. The van der Waals surface area contributed by atoms with Gasteiger partial charge in [0, 0.05) is 11.6 Å². The van der Waals surface area contributed by atoms with Crippen LogP contribution in [0.3, 0.4) is 0 Å². The zero-order valence-corrected chi connectivity index (χ0v) is 12.3. The van der Waals surface area contributed by atoms with Crippen molar-refractivity contribution >= 4 is 11.8 Å². The van der Waals surface area contributed by atoms with Crippen molar-refractivity contribution in [3.63, 3.8) is 0 Å². The van der Waals surface area contributed by atoms with Gasteiger partial charge >= 0.3 is 5.97 Å². The Morgan fingerprint density at radius 2 is 1.67 bits per heavy atom. The smallest absolute Gasteiger partial charge is 0.326 e. The molecule has 0 amide bonds. The van der Waals surface area contributed by atoms with Crippen molar-refractivity contribution in [3.8, 4) is 0 Å². The maximum atomic E-state index is 13.1. The second-order valence-corrected chi connectivity index (χ2v) is 4.72. The molecule has 0 atom stereocenters. The lowest BCUT2D eigenvalue weighted by atomic mass is 9.92. The van der Waals surface area contributed by atoms with Crippen LogP contribution in [0.15, 0.2) is 18.2 Å². The number of carbonyl (C=O) groups excluding carboxylic acids is 2. The Balaban J connectivity index is 2.85. The molecular weight excluding hydrogens is 280 g/mol. The summed E-state index contributed by atoms with van der Waals surface area (Å²) in [7, 11) is 1.27. The first-order valence-corrected chi connectivity index (χ1v) is 6.71. The highest BCUT2D eigenvalue weighted by Crippen LogP contribution is 2.17. The van der Waals surface area contributed by atoms with Gasteiger partial charge in [-0.3, -0.25) is 14.9 Å². The van der Waals surface area contributed by atoms with Crippen molar-refractivity contribution in [1.29, 1.82) is 0 Å². The number of hydrogen-bond donors (Lipinski definition) is 1. The molecule has 6 heteroatoms. The predicted molar refractivity (Wildman–Crippen MR) is 74.0 cm³/mol. The van der Waals surface area contributed by atoms with Crippen LogP contribution in [-0.2, 0) is 9.53 Å². The van der Waals surface area contributed by atoms with Crippen LogP contribution in [0.1, 0.15) is 37.0 Å². The van der Waals surface area contributed by atoms with Gasteiger partial charge < -0.3 is 4.74 Å². The topological polar surface area (TPSA) is 55.4 Å². The highest BCUT2D eigenvalue weighted by Gasteiger charge is 2.36. The Hall–Kier alpha value is -1.82. The second kappa shape index (κ2) is 7.26. The molecule has 1 aromatic rings. The zero-order chi connectivity index (χ0) is 16.0. The molecule has 1 aromatic carbocycles. The van der Waals surface area contributed by atoms with Crippen molar-refractivity contribution < 1.29 is 23.1 Å². The molecule has 0 saturated carbocycles. The molecule has 0 aliphatic heterocycles. The van der Waals surface area contributed by atoms with Crippen molar-refractivity contribution in [2.45, 2.75) is 32.2 Å². The summed E-state index contributed by atoms with van der Waals surface area (Å²) in [6.07, 6.45) is 0.863. The van der Waals surface area contributed by atoms with Crippen LogP contribution in [0.2, 0.25) is 0 Å². The first-order valence-electron chi connectivity index (χ1n) is 6.71. The molecule has 0 radical (unpaired) electrons. The molecule has 0 spiro atoms. The van der Waals surface area contributed by atoms with Crippen LogP contribution < -0.4 is 5.32 Å². The zero-order valence-electron chi connectivity index (χ0n) is 12.3. The molecule has 0 unspecified atom stereocenters. The number of ketones is 1. The van der Waals surface area contributed by atoms with Crippen LogP contribution in [0, 0.1) is 11.6 Å². The van der Waals surface area contributed by atoms with E-state index in [9.17, 15) is 18.4 Å². The fraction of sp³-hybridized carbons (Fsp3) is 0.467. The van der Waals surface area contributed by atoms with Crippen LogP contribution in [-0.4, -0.2) is 30.9 Å². The molecule has 0 aliphatic carbocycles. The van der Waals surface area contributed by atoms with E-state index in [1.54, 1.807) is 13.8 Å². The minimum absolute atomic E-state index is 0.0778. The fourth-order valence-corrected chi connectivity index (χ4v) is 2.12. The first kappa shape index (κ1) is 17.2. The summed E-state index contributed by atoms with van der Waals surface area (Å²) >= 11 is 0. The Bertz CT molecular complexity index is 507. The number of hydrogen-bond acceptors (Lipinski definition) is 4. The van der Waals surface area contributed by atoms with E-state index < -0.39 is 28.9 Å². The summed E-state index contributed by atoms with van der Waals surface area (Å²) in [5, 5.41) is 2.85. The predicted octanol–water partition coefficient (Wildman–Crippen LogP) is 2.47. The Morgan fingerprint density at radius 1 is 1.14 bits per heavy atom. The average Bonchev–Trinajstić information content (AvgIpc) is 2.47. The molecule has 0 saturated heterocycles. The molecule has 1 rings (SSSR count). The van der Waals surface area contributed by atoms with Gasteiger partial charge in [-0.25, -0.2) is 8.78 Å². The Morgan fingerprint density at radius 3 is 2.10 bits per heavy atom. The number of nitrogens with one attached hydrogen (secondary N) is 1. The van der Waals surface area contributed by atoms with E-state index in [0.717, 1.165) is 12.1 Å². The molecule has 4 nitrogen and oxygen atoms in total. The van der Waals surface area contributed by atoms with E-state index in [1.807, 2.05) is 0 Å². The standard InChI is InChI=1S/C15H19F2NO3/c1-4-15(5-2,14(20)21-3)18-9-13(19)10-6-11(16)8-12(17)7-10/h6-8,18H,4-5,9H2,1-3H3. The van der Waals surface area contributed by atoms with Gasteiger partial charge in [0.05, 0.1) is 13.7 Å². The van der Waals surface area contributed by atoms with Gasteiger partial charge in [0.1, 0.15) is 17.2 Å². The Kier molecular flexibility index (Phi) is 5.96. The van der Waals surface area contributed by atoms with Gasteiger partial charge in [-0.15, -0.1) is 0 Å². The molecule has 1 N–H and O–H groups in total.